The third-order valence-electron chi connectivity index (χ3n) is 8.37. The highest BCUT2D eigenvalue weighted by Crippen LogP contribution is 2.55. The largest absolute Gasteiger partial charge is 0.392 e. The molecule has 7 heteroatoms. The van der Waals surface area contributed by atoms with Crippen LogP contribution < -0.4 is 10.6 Å². The van der Waals surface area contributed by atoms with E-state index in [4.69, 9.17) is 0 Å². The van der Waals surface area contributed by atoms with Gasteiger partial charge < -0.3 is 15.7 Å². The summed E-state index contributed by atoms with van der Waals surface area (Å²) in [6.07, 6.45) is 7.53. The van der Waals surface area contributed by atoms with Crippen molar-refractivity contribution in [1.29, 1.82) is 0 Å². The highest BCUT2D eigenvalue weighted by molar-refractivity contribution is 5.92. The molecule has 34 heavy (non-hydrogen) atoms. The summed E-state index contributed by atoms with van der Waals surface area (Å²) >= 11 is 0. The number of benzene rings is 1. The lowest BCUT2D eigenvalue weighted by Crippen LogP contribution is -2.58. The summed E-state index contributed by atoms with van der Waals surface area (Å²) in [6.45, 7) is 6.79. The Kier molecular flexibility index (Phi) is 7.31. The lowest BCUT2D eigenvalue weighted by Gasteiger charge is -2.56. The number of hydrogen-bond acceptors (Lipinski definition) is 5. The van der Waals surface area contributed by atoms with Gasteiger partial charge in [-0.1, -0.05) is 51.1 Å². The zero-order valence-electron chi connectivity index (χ0n) is 20.3. The summed E-state index contributed by atoms with van der Waals surface area (Å²) in [7, 11) is 0. The number of aliphatic hydroxyl groups is 1. The number of carbonyl (C=O) groups excluding carboxylic acids is 2. The third-order valence-corrected chi connectivity index (χ3v) is 8.37. The van der Waals surface area contributed by atoms with E-state index in [1.54, 1.807) is 6.20 Å². The van der Waals surface area contributed by atoms with Gasteiger partial charge in [-0.2, -0.15) is 0 Å². The number of nitrogens with zero attached hydrogens (tertiary/aromatic N) is 2. The predicted molar refractivity (Wildman–Crippen MR) is 129 cm³/mol. The third kappa shape index (κ3) is 4.99. The first-order valence-electron chi connectivity index (χ1n) is 12.4. The van der Waals surface area contributed by atoms with Gasteiger partial charge in [-0.05, 0) is 54.4 Å². The molecule has 3 N–H and O–H groups in total. The minimum Gasteiger partial charge on any atom is -0.392 e. The minimum atomic E-state index is -0.595. The maximum atomic E-state index is 13.0. The van der Waals surface area contributed by atoms with Crippen molar-refractivity contribution in [2.24, 2.45) is 29.1 Å². The fourth-order valence-electron chi connectivity index (χ4n) is 6.30. The van der Waals surface area contributed by atoms with Crippen molar-refractivity contribution in [3.63, 3.8) is 0 Å². The quantitative estimate of drug-likeness (QED) is 0.608. The Hall–Kier alpha value is -2.80. The number of nitrogens with one attached hydrogen (secondary N) is 2. The molecule has 7 nitrogen and oxygen atoms in total. The van der Waals surface area contributed by atoms with E-state index in [9.17, 15) is 14.7 Å². The molecular weight excluding hydrogens is 428 g/mol. The second kappa shape index (κ2) is 10.2. The van der Waals surface area contributed by atoms with Crippen LogP contribution in [0.3, 0.4) is 0 Å². The van der Waals surface area contributed by atoms with E-state index in [1.165, 1.54) is 12.4 Å². The van der Waals surface area contributed by atoms with Gasteiger partial charge in [-0.25, -0.2) is 4.98 Å². The van der Waals surface area contributed by atoms with Gasteiger partial charge in [0.2, 0.25) is 5.91 Å². The van der Waals surface area contributed by atoms with Crippen LogP contribution in [-0.2, 0) is 11.3 Å². The first-order valence-corrected chi connectivity index (χ1v) is 12.4. The monoisotopic (exact) mass is 464 g/mol. The smallest absolute Gasteiger partial charge is 0.271 e. The van der Waals surface area contributed by atoms with Crippen LogP contribution >= 0.6 is 0 Å². The van der Waals surface area contributed by atoms with Crippen LogP contribution in [0.4, 0.5) is 0 Å². The molecule has 2 amide bonds. The second-order valence-corrected chi connectivity index (χ2v) is 10.4. The molecule has 1 aromatic heterocycles. The summed E-state index contributed by atoms with van der Waals surface area (Å²) < 4.78 is 0. The number of hydrogen-bond donors (Lipinski definition) is 3. The average Bonchev–Trinajstić information content (AvgIpc) is 2.85. The number of aliphatic hydroxyl groups excluding tert-OH is 1. The zero-order valence-corrected chi connectivity index (χ0v) is 20.3. The van der Waals surface area contributed by atoms with Crippen molar-refractivity contribution < 1.29 is 14.7 Å². The SMILES string of the molecule is C[C@@H]1[C@@H]2[C@@H](O)[C@H]([C@H](C)C(=O)NCc3ccccc3)CC[C@]2(C)CC[C@@H]1NC(=O)c1cnccn1. The van der Waals surface area contributed by atoms with Gasteiger partial charge in [0.1, 0.15) is 5.69 Å². The molecule has 0 unspecified atom stereocenters. The molecule has 7 atom stereocenters. The molecule has 2 aliphatic carbocycles. The Morgan fingerprint density at radius 2 is 1.91 bits per heavy atom. The molecule has 2 aliphatic rings. The molecule has 0 spiro atoms. The molecule has 182 valence electrons. The fraction of sp³-hybridized carbons (Fsp3) is 0.556. The molecule has 0 saturated heterocycles. The summed E-state index contributed by atoms with van der Waals surface area (Å²) in [5, 5.41) is 17.7. The molecule has 2 aromatic rings. The van der Waals surface area contributed by atoms with Gasteiger partial charge in [0.15, 0.2) is 0 Å². The number of amides is 2. The maximum absolute atomic E-state index is 13.0. The standard InChI is InChI=1S/C27H36N4O3/c1-17(25(33)30-15-19-7-5-4-6-8-19)20-9-11-27(3)12-10-21(18(2)23(27)24(20)32)31-26(34)22-16-28-13-14-29-22/h4-8,13-14,16-18,20-21,23-24,32H,9-12,15H2,1-3H3,(H,30,33)(H,31,34)/t17-,18-,20-,21-,23+,24-,27+/m0/s1. The van der Waals surface area contributed by atoms with Crippen molar-refractivity contribution in [2.45, 2.75) is 65.1 Å². The van der Waals surface area contributed by atoms with Crippen LogP contribution in [0.5, 0.6) is 0 Å². The van der Waals surface area contributed by atoms with Gasteiger partial charge in [0, 0.05) is 30.9 Å². The van der Waals surface area contributed by atoms with Gasteiger partial charge in [-0.3, -0.25) is 14.6 Å². The molecule has 1 heterocycles. The van der Waals surface area contributed by atoms with E-state index in [1.807, 2.05) is 37.3 Å². The number of aromatic nitrogens is 2. The van der Waals surface area contributed by atoms with Crippen LogP contribution in [0.15, 0.2) is 48.9 Å². The van der Waals surface area contributed by atoms with E-state index in [0.717, 1.165) is 31.2 Å². The van der Waals surface area contributed by atoms with E-state index >= 15 is 0 Å². The van der Waals surface area contributed by atoms with Crippen molar-refractivity contribution >= 4 is 11.8 Å². The Morgan fingerprint density at radius 1 is 1.18 bits per heavy atom. The normalized spacial score (nSPS) is 31.7. The van der Waals surface area contributed by atoms with Crippen LogP contribution in [0.25, 0.3) is 0 Å². The number of carbonyl (C=O) groups is 2. The molecule has 0 bridgehead atoms. The van der Waals surface area contributed by atoms with E-state index in [0.29, 0.717) is 12.2 Å². The summed E-state index contributed by atoms with van der Waals surface area (Å²) in [4.78, 5) is 33.7. The summed E-state index contributed by atoms with van der Waals surface area (Å²) in [6, 6.07) is 9.80. The molecule has 1 aromatic carbocycles. The van der Waals surface area contributed by atoms with Crippen LogP contribution in [0.2, 0.25) is 0 Å². The molecular formula is C27H36N4O3. The molecule has 2 saturated carbocycles. The maximum Gasteiger partial charge on any atom is 0.271 e. The van der Waals surface area contributed by atoms with E-state index < -0.39 is 6.10 Å². The molecule has 4 rings (SSSR count). The Balaban J connectivity index is 1.42. The number of rotatable bonds is 6. The van der Waals surface area contributed by atoms with Crippen LogP contribution in [-0.4, -0.2) is 39.0 Å². The predicted octanol–water partition coefficient (Wildman–Crippen LogP) is 3.35. The fourth-order valence-corrected chi connectivity index (χ4v) is 6.30. The molecule has 2 fully saturated rings. The van der Waals surface area contributed by atoms with E-state index in [-0.39, 0.29) is 46.9 Å². The van der Waals surface area contributed by atoms with Gasteiger partial charge in [0.05, 0.1) is 12.3 Å². The Morgan fingerprint density at radius 3 is 2.62 bits per heavy atom. The van der Waals surface area contributed by atoms with Crippen LogP contribution in [0.1, 0.15) is 62.5 Å². The minimum absolute atomic E-state index is 0.00332. The first-order chi connectivity index (χ1) is 16.3. The topological polar surface area (TPSA) is 104 Å². The first kappa shape index (κ1) is 24.3. The Bertz CT molecular complexity index is 986. The molecule has 0 aliphatic heterocycles. The van der Waals surface area contributed by atoms with Crippen molar-refractivity contribution in [1.82, 2.24) is 20.6 Å². The highest BCUT2D eigenvalue weighted by atomic mass is 16.3. The lowest BCUT2D eigenvalue weighted by molar-refractivity contribution is -0.142. The van der Waals surface area contributed by atoms with E-state index in [2.05, 4.69) is 34.4 Å². The average molecular weight is 465 g/mol. The summed E-state index contributed by atoms with van der Waals surface area (Å²) in [5.41, 5.74) is 1.36. The summed E-state index contributed by atoms with van der Waals surface area (Å²) in [5.74, 6) is -0.555. The zero-order chi connectivity index (χ0) is 24.3. The van der Waals surface area contributed by atoms with Crippen molar-refractivity contribution in [3.05, 3.63) is 60.2 Å². The van der Waals surface area contributed by atoms with Crippen molar-refractivity contribution in [3.8, 4) is 0 Å². The Labute approximate surface area is 201 Å². The second-order valence-electron chi connectivity index (χ2n) is 10.4. The highest BCUT2D eigenvalue weighted by Gasteiger charge is 2.53. The van der Waals surface area contributed by atoms with Crippen molar-refractivity contribution in [2.75, 3.05) is 0 Å². The molecule has 0 radical (unpaired) electrons. The van der Waals surface area contributed by atoms with Gasteiger partial charge in [0.25, 0.3) is 5.91 Å². The van der Waals surface area contributed by atoms with Crippen LogP contribution in [0, 0.1) is 29.1 Å². The van der Waals surface area contributed by atoms with Gasteiger partial charge in [-0.15, -0.1) is 0 Å². The lowest BCUT2D eigenvalue weighted by atomic mass is 9.51. The van der Waals surface area contributed by atoms with Gasteiger partial charge >= 0.3 is 0 Å². The number of fused-ring (bicyclic) bond motifs is 1.